The second-order valence-electron chi connectivity index (χ2n) is 4.32. The molecule has 4 nitrogen and oxygen atoms in total. The van der Waals surface area contributed by atoms with E-state index in [2.05, 4.69) is 0 Å². The van der Waals surface area contributed by atoms with Crippen LogP contribution < -0.4 is 0 Å². The van der Waals surface area contributed by atoms with Crippen molar-refractivity contribution >= 4 is 20.6 Å². The number of nitrogens with zero attached hydrogens (tertiary/aromatic N) is 1. The molecule has 2 rings (SSSR count). The Hall–Kier alpha value is -1.97. The first-order valence-electron chi connectivity index (χ1n) is 6.19. The molecule has 108 valence electrons. The summed E-state index contributed by atoms with van der Waals surface area (Å²) in [6, 6.07) is 16.5. The van der Waals surface area contributed by atoms with Crippen molar-refractivity contribution in [2.75, 3.05) is 11.5 Å². The first-order valence-corrected chi connectivity index (χ1v) is 9.16. The molecule has 0 spiro atoms. The van der Waals surface area contributed by atoms with E-state index in [0.29, 0.717) is 10.5 Å². The van der Waals surface area contributed by atoms with Crippen molar-refractivity contribution in [3.8, 4) is 6.07 Å². The normalized spacial score (nSPS) is 12.5. The Labute approximate surface area is 126 Å². The molecule has 1 atom stereocenters. The average molecular weight is 319 g/mol. The Morgan fingerprint density at radius 1 is 1.05 bits per heavy atom. The Balaban J connectivity index is 2.12. The van der Waals surface area contributed by atoms with Crippen molar-refractivity contribution in [1.82, 2.24) is 0 Å². The topological polar surface area (TPSA) is 75.0 Å². The quantitative estimate of drug-likeness (QED) is 0.846. The fraction of sp³-hybridized carbons (Fsp3) is 0.133. The molecule has 0 N–H and O–H groups in total. The minimum absolute atomic E-state index is 0.0309. The average Bonchev–Trinajstić information content (AvgIpc) is 2.53. The predicted octanol–water partition coefficient (Wildman–Crippen LogP) is 2.14. The molecular formula is C15H13NO3S2. The maximum atomic E-state index is 12.2. The standard InChI is InChI=1S/C15H13NO3S2/c16-12-13-5-4-8-15(11-13)21(18,19)10-9-20(17)14-6-2-1-3-7-14/h1-8,11H,9-10H2. The third-order valence-electron chi connectivity index (χ3n) is 2.87. The lowest BCUT2D eigenvalue weighted by Crippen LogP contribution is -2.14. The van der Waals surface area contributed by atoms with E-state index in [0.717, 1.165) is 0 Å². The highest BCUT2D eigenvalue weighted by Gasteiger charge is 2.17. The van der Waals surface area contributed by atoms with Crippen molar-refractivity contribution in [2.24, 2.45) is 0 Å². The zero-order valence-corrected chi connectivity index (χ0v) is 12.7. The van der Waals surface area contributed by atoms with Gasteiger partial charge in [-0.25, -0.2) is 8.42 Å². The summed E-state index contributed by atoms with van der Waals surface area (Å²) < 4.78 is 36.4. The van der Waals surface area contributed by atoms with E-state index in [1.807, 2.05) is 12.1 Å². The van der Waals surface area contributed by atoms with E-state index >= 15 is 0 Å². The molecule has 0 radical (unpaired) electrons. The van der Waals surface area contributed by atoms with Gasteiger partial charge in [-0.2, -0.15) is 5.26 Å². The fourth-order valence-corrected chi connectivity index (χ4v) is 4.76. The van der Waals surface area contributed by atoms with Gasteiger partial charge in [-0.05, 0) is 30.3 Å². The highest BCUT2D eigenvalue weighted by Crippen LogP contribution is 2.14. The highest BCUT2D eigenvalue weighted by atomic mass is 32.2. The molecule has 0 heterocycles. The molecule has 0 fully saturated rings. The zero-order chi connectivity index (χ0) is 15.3. The van der Waals surface area contributed by atoms with Gasteiger partial charge in [-0.3, -0.25) is 4.21 Å². The molecule has 0 saturated carbocycles. The van der Waals surface area contributed by atoms with Gasteiger partial charge >= 0.3 is 0 Å². The third-order valence-corrected chi connectivity index (χ3v) is 6.21. The molecule has 0 aliphatic carbocycles. The van der Waals surface area contributed by atoms with Gasteiger partial charge in [0.1, 0.15) is 0 Å². The smallest absolute Gasteiger partial charge is 0.179 e. The van der Waals surface area contributed by atoms with Gasteiger partial charge in [0, 0.05) is 10.6 Å². The first kappa shape index (κ1) is 15.4. The van der Waals surface area contributed by atoms with Crippen molar-refractivity contribution in [1.29, 1.82) is 5.26 Å². The van der Waals surface area contributed by atoms with Gasteiger partial charge in [-0.1, -0.05) is 24.3 Å². The molecule has 1 unspecified atom stereocenters. The van der Waals surface area contributed by atoms with Crippen LogP contribution >= 0.6 is 0 Å². The second kappa shape index (κ2) is 6.66. The Morgan fingerprint density at radius 3 is 2.43 bits per heavy atom. The summed E-state index contributed by atoms with van der Waals surface area (Å²) in [5, 5.41) is 8.80. The lowest BCUT2D eigenvalue weighted by atomic mass is 10.2. The molecule has 2 aromatic carbocycles. The molecule has 2 aromatic rings. The summed E-state index contributed by atoms with van der Waals surface area (Å²) in [7, 11) is -4.90. The van der Waals surface area contributed by atoms with E-state index in [9.17, 15) is 12.6 Å². The number of hydrogen-bond acceptors (Lipinski definition) is 4. The lowest BCUT2D eigenvalue weighted by Gasteiger charge is -2.05. The molecule has 0 bridgehead atoms. The lowest BCUT2D eigenvalue weighted by molar-refractivity contribution is 0.597. The molecule has 0 aliphatic heterocycles. The van der Waals surface area contributed by atoms with Crippen LogP contribution in [-0.2, 0) is 20.6 Å². The van der Waals surface area contributed by atoms with E-state index in [-0.39, 0.29) is 16.4 Å². The van der Waals surface area contributed by atoms with E-state index in [1.165, 1.54) is 18.2 Å². The largest absolute Gasteiger partial charge is 0.254 e. The van der Waals surface area contributed by atoms with Gasteiger partial charge in [-0.15, -0.1) is 0 Å². The van der Waals surface area contributed by atoms with Crippen LogP contribution in [0.3, 0.4) is 0 Å². The van der Waals surface area contributed by atoms with Gasteiger partial charge in [0.05, 0.1) is 33.1 Å². The monoisotopic (exact) mass is 319 g/mol. The molecule has 0 aromatic heterocycles. The SMILES string of the molecule is N#Cc1cccc(S(=O)(=O)CCS(=O)c2ccccc2)c1. The molecule has 21 heavy (non-hydrogen) atoms. The summed E-state index contributed by atoms with van der Waals surface area (Å²) in [4.78, 5) is 0.699. The second-order valence-corrected chi connectivity index (χ2v) is 8.00. The van der Waals surface area contributed by atoms with Crippen molar-refractivity contribution in [2.45, 2.75) is 9.79 Å². The minimum Gasteiger partial charge on any atom is -0.254 e. The summed E-state index contributed by atoms with van der Waals surface area (Å²) in [6.07, 6.45) is 0. The maximum Gasteiger partial charge on any atom is 0.179 e. The Morgan fingerprint density at radius 2 is 1.76 bits per heavy atom. The molecule has 0 aliphatic rings. The van der Waals surface area contributed by atoms with Crippen LogP contribution in [-0.4, -0.2) is 24.1 Å². The molecule has 0 amide bonds. The number of hydrogen-bond donors (Lipinski definition) is 0. The highest BCUT2D eigenvalue weighted by molar-refractivity contribution is 7.93. The Bertz CT molecular complexity index is 793. The van der Waals surface area contributed by atoms with Crippen LogP contribution in [0.15, 0.2) is 64.4 Å². The minimum atomic E-state index is -3.54. The fourth-order valence-electron chi connectivity index (χ4n) is 1.75. The van der Waals surface area contributed by atoms with Crippen LogP contribution in [0, 0.1) is 11.3 Å². The summed E-state index contributed by atoms with van der Waals surface area (Å²) in [6.45, 7) is 0. The predicted molar refractivity (Wildman–Crippen MR) is 80.9 cm³/mol. The van der Waals surface area contributed by atoms with Crippen molar-refractivity contribution in [3.63, 3.8) is 0 Å². The van der Waals surface area contributed by atoms with E-state index in [1.54, 1.807) is 30.3 Å². The molecule has 6 heteroatoms. The van der Waals surface area contributed by atoms with E-state index < -0.39 is 20.6 Å². The number of nitriles is 1. The van der Waals surface area contributed by atoms with Gasteiger partial charge < -0.3 is 0 Å². The summed E-state index contributed by atoms with van der Waals surface area (Å²) in [5.74, 6) is -0.188. The van der Waals surface area contributed by atoms with Crippen LogP contribution in [0.25, 0.3) is 0 Å². The van der Waals surface area contributed by atoms with E-state index in [4.69, 9.17) is 5.26 Å². The first-order chi connectivity index (χ1) is 10.0. The van der Waals surface area contributed by atoms with Crippen LogP contribution in [0.4, 0.5) is 0 Å². The molecule has 0 saturated heterocycles. The number of sulfone groups is 1. The van der Waals surface area contributed by atoms with Crippen LogP contribution in [0.2, 0.25) is 0 Å². The summed E-state index contributed by atoms with van der Waals surface area (Å²) >= 11 is 0. The number of rotatable bonds is 5. The van der Waals surface area contributed by atoms with Gasteiger partial charge in [0.25, 0.3) is 0 Å². The Kier molecular flexibility index (Phi) is 4.89. The maximum absolute atomic E-state index is 12.2. The summed E-state index contributed by atoms with van der Waals surface area (Å²) in [5.41, 5.74) is 0.292. The van der Waals surface area contributed by atoms with Crippen molar-refractivity contribution in [3.05, 3.63) is 60.2 Å². The van der Waals surface area contributed by atoms with Crippen LogP contribution in [0.1, 0.15) is 5.56 Å². The van der Waals surface area contributed by atoms with Crippen LogP contribution in [0.5, 0.6) is 0 Å². The van der Waals surface area contributed by atoms with Gasteiger partial charge in [0.2, 0.25) is 0 Å². The van der Waals surface area contributed by atoms with Crippen molar-refractivity contribution < 1.29 is 12.6 Å². The molecular weight excluding hydrogens is 306 g/mol. The number of benzene rings is 2. The van der Waals surface area contributed by atoms with Gasteiger partial charge in [0.15, 0.2) is 9.84 Å². The third kappa shape index (κ3) is 4.00. The zero-order valence-electron chi connectivity index (χ0n) is 11.1.